The van der Waals surface area contributed by atoms with E-state index in [0.29, 0.717) is 19.4 Å². The number of hydrogen-bond acceptors (Lipinski definition) is 2. The molecule has 0 fully saturated rings. The maximum Gasteiger partial charge on any atom is 0.335 e. The summed E-state index contributed by atoms with van der Waals surface area (Å²) in [5.41, 5.74) is 2.61. The van der Waals surface area contributed by atoms with Crippen molar-refractivity contribution in [1.82, 2.24) is 4.90 Å². The molecule has 0 spiro atoms. The minimum atomic E-state index is -0.928. The molecule has 0 saturated heterocycles. The van der Waals surface area contributed by atoms with Gasteiger partial charge in [0.1, 0.15) is 0 Å². The molecule has 0 aromatic heterocycles. The van der Waals surface area contributed by atoms with Gasteiger partial charge in [-0.1, -0.05) is 23.8 Å². The Labute approximate surface area is 118 Å². The van der Waals surface area contributed by atoms with E-state index in [1.165, 1.54) is 5.57 Å². The van der Waals surface area contributed by atoms with Crippen LogP contribution >= 0.6 is 0 Å². The number of aryl methyl sites for hydroxylation is 1. The summed E-state index contributed by atoms with van der Waals surface area (Å²) in [6.45, 7) is 3.60. The number of carbonyl (C=O) groups excluding carboxylic acids is 1. The number of hydrogen-bond donors (Lipinski definition) is 1. The molecule has 1 N–H and O–H groups in total. The molecule has 0 atom stereocenters. The fourth-order valence-electron chi connectivity index (χ4n) is 2.22. The van der Waals surface area contributed by atoms with Crippen LogP contribution in [0.2, 0.25) is 0 Å². The third-order valence-electron chi connectivity index (χ3n) is 3.62. The Morgan fingerprint density at radius 3 is 2.50 bits per heavy atom. The fraction of sp³-hybridized carbons (Fsp3) is 0.375. The van der Waals surface area contributed by atoms with E-state index in [2.05, 4.69) is 13.0 Å². The molecule has 1 aliphatic rings. The molecule has 1 aromatic rings. The second kappa shape index (κ2) is 6.37. The first-order valence-corrected chi connectivity index (χ1v) is 6.82. The number of amides is 1. The van der Waals surface area contributed by atoms with Crippen molar-refractivity contribution in [3.63, 3.8) is 0 Å². The Balaban J connectivity index is 1.85. The van der Waals surface area contributed by atoms with Crippen LogP contribution in [0.15, 0.2) is 35.9 Å². The van der Waals surface area contributed by atoms with Crippen LogP contribution in [0.25, 0.3) is 0 Å². The summed E-state index contributed by atoms with van der Waals surface area (Å²) in [5, 5.41) is 8.82. The fourth-order valence-corrected chi connectivity index (χ4v) is 2.22. The van der Waals surface area contributed by atoms with Gasteiger partial charge in [0, 0.05) is 19.5 Å². The lowest BCUT2D eigenvalue weighted by atomic mass is 10.1. The standard InChI is InChI=1S/C16H19NO3/c1-12-8-10-17(11-9-12)15(18)7-4-13-2-5-14(6-3-13)16(19)20/h2-3,5-6,8H,4,7,9-11H2,1H3,(H,19,20). The average Bonchev–Trinajstić information content (AvgIpc) is 2.46. The van der Waals surface area contributed by atoms with Crippen LogP contribution in [0.3, 0.4) is 0 Å². The average molecular weight is 273 g/mol. The van der Waals surface area contributed by atoms with Crippen molar-refractivity contribution < 1.29 is 14.7 Å². The monoisotopic (exact) mass is 273 g/mol. The molecule has 4 heteroatoms. The summed E-state index contributed by atoms with van der Waals surface area (Å²) in [6.07, 6.45) is 4.18. The third kappa shape index (κ3) is 3.70. The van der Waals surface area contributed by atoms with E-state index < -0.39 is 5.97 Å². The highest BCUT2D eigenvalue weighted by molar-refractivity contribution is 5.87. The highest BCUT2D eigenvalue weighted by Crippen LogP contribution is 2.12. The van der Waals surface area contributed by atoms with Gasteiger partial charge in [0.15, 0.2) is 0 Å². The van der Waals surface area contributed by atoms with Gasteiger partial charge < -0.3 is 10.0 Å². The number of nitrogens with zero attached hydrogens (tertiary/aromatic N) is 1. The molecule has 106 valence electrons. The normalized spacial score (nSPS) is 14.8. The first kappa shape index (κ1) is 14.3. The van der Waals surface area contributed by atoms with Crippen molar-refractivity contribution in [2.45, 2.75) is 26.2 Å². The summed E-state index contributed by atoms with van der Waals surface area (Å²) in [7, 11) is 0. The summed E-state index contributed by atoms with van der Waals surface area (Å²) < 4.78 is 0. The lowest BCUT2D eigenvalue weighted by Gasteiger charge is -2.25. The van der Waals surface area contributed by atoms with Crippen LogP contribution in [0.1, 0.15) is 35.7 Å². The van der Waals surface area contributed by atoms with Crippen LogP contribution in [-0.2, 0) is 11.2 Å². The SMILES string of the molecule is CC1=CCN(C(=O)CCc2ccc(C(=O)O)cc2)CC1. The first-order chi connectivity index (χ1) is 9.56. The third-order valence-corrected chi connectivity index (χ3v) is 3.62. The van der Waals surface area contributed by atoms with E-state index in [0.717, 1.165) is 18.5 Å². The van der Waals surface area contributed by atoms with E-state index in [1.54, 1.807) is 24.3 Å². The largest absolute Gasteiger partial charge is 0.478 e. The van der Waals surface area contributed by atoms with Crippen LogP contribution in [0.5, 0.6) is 0 Å². The Hall–Kier alpha value is -2.10. The maximum atomic E-state index is 12.1. The van der Waals surface area contributed by atoms with Gasteiger partial charge in [-0.05, 0) is 37.5 Å². The minimum Gasteiger partial charge on any atom is -0.478 e. The van der Waals surface area contributed by atoms with Gasteiger partial charge in [-0.3, -0.25) is 4.79 Å². The van der Waals surface area contributed by atoms with Gasteiger partial charge in [-0.2, -0.15) is 0 Å². The molecule has 20 heavy (non-hydrogen) atoms. The van der Waals surface area contributed by atoms with Crippen molar-refractivity contribution >= 4 is 11.9 Å². The predicted octanol–water partition coefficient (Wildman–Crippen LogP) is 2.50. The van der Waals surface area contributed by atoms with Crippen LogP contribution in [0, 0.1) is 0 Å². The van der Waals surface area contributed by atoms with Gasteiger partial charge in [0.05, 0.1) is 5.56 Å². The molecule has 4 nitrogen and oxygen atoms in total. The number of carbonyl (C=O) groups is 2. The van der Waals surface area contributed by atoms with Crippen molar-refractivity contribution in [3.05, 3.63) is 47.0 Å². The molecule has 1 aliphatic heterocycles. The van der Waals surface area contributed by atoms with Crippen molar-refractivity contribution in [3.8, 4) is 0 Å². The zero-order valence-corrected chi connectivity index (χ0v) is 11.6. The van der Waals surface area contributed by atoms with Gasteiger partial charge in [-0.15, -0.1) is 0 Å². The van der Waals surface area contributed by atoms with E-state index >= 15 is 0 Å². The van der Waals surface area contributed by atoms with Gasteiger partial charge in [0.25, 0.3) is 0 Å². The van der Waals surface area contributed by atoms with E-state index in [-0.39, 0.29) is 11.5 Å². The van der Waals surface area contributed by atoms with Crippen LogP contribution in [-0.4, -0.2) is 35.0 Å². The van der Waals surface area contributed by atoms with Gasteiger partial charge in [0.2, 0.25) is 5.91 Å². The lowest BCUT2D eigenvalue weighted by molar-refractivity contribution is -0.130. The molecule has 1 amide bonds. The molecule has 1 aromatic carbocycles. The topological polar surface area (TPSA) is 57.6 Å². The van der Waals surface area contributed by atoms with E-state index in [4.69, 9.17) is 5.11 Å². The van der Waals surface area contributed by atoms with Crippen molar-refractivity contribution in [2.24, 2.45) is 0 Å². The smallest absolute Gasteiger partial charge is 0.335 e. The molecule has 0 bridgehead atoms. The second-order valence-electron chi connectivity index (χ2n) is 5.14. The van der Waals surface area contributed by atoms with Crippen LogP contribution < -0.4 is 0 Å². The number of benzene rings is 1. The highest BCUT2D eigenvalue weighted by atomic mass is 16.4. The predicted molar refractivity (Wildman–Crippen MR) is 76.7 cm³/mol. The summed E-state index contributed by atoms with van der Waals surface area (Å²) in [6, 6.07) is 6.71. The van der Waals surface area contributed by atoms with Gasteiger partial charge >= 0.3 is 5.97 Å². The molecule has 0 saturated carbocycles. The van der Waals surface area contributed by atoms with E-state index in [1.807, 2.05) is 4.90 Å². The Kier molecular flexibility index (Phi) is 4.56. The number of carboxylic acids is 1. The summed E-state index contributed by atoms with van der Waals surface area (Å²) in [5.74, 6) is -0.765. The lowest BCUT2D eigenvalue weighted by Crippen LogP contribution is -2.34. The molecule has 0 radical (unpaired) electrons. The Morgan fingerprint density at radius 2 is 1.95 bits per heavy atom. The molecule has 0 aliphatic carbocycles. The molecule has 1 heterocycles. The second-order valence-corrected chi connectivity index (χ2v) is 5.14. The summed E-state index contributed by atoms with van der Waals surface area (Å²) >= 11 is 0. The Morgan fingerprint density at radius 1 is 1.25 bits per heavy atom. The molecule has 0 unspecified atom stereocenters. The zero-order valence-electron chi connectivity index (χ0n) is 11.6. The molecule has 2 rings (SSSR count). The maximum absolute atomic E-state index is 12.1. The number of rotatable bonds is 4. The van der Waals surface area contributed by atoms with E-state index in [9.17, 15) is 9.59 Å². The zero-order chi connectivity index (χ0) is 14.5. The van der Waals surface area contributed by atoms with Gasteiger partial charge in [-0.25, -0.2) is 4.79 Å². The molecular formula is C16H19NO3. The van der Waals surface area contributed by atoms with Crippen molar-refractivity contribution in [2.75, 3.05) is 13.1 Å². The summed E-state index contributed by atoms with van der Waals surface area (Å²) in [4.78, 5) is 24.7. The highest BCUT2D eigenvalue weighted by Gasteiger charge is 2.15. The number of carboxylic acid groups (broad SMARTS) is 1. The quantitative estimate of drug-likeness (QED) is 0.857. The Bertz CT molecular complexity index is 531. The first-order valence-electron chi connectivity index (χ1n) is 6.82. The van der Waals surface area contributed by atoms with Crippen molar-refractivity contribution in [1.29, 1.82) is 0 Å². The van der Waals surface area contributed by atoms with Crippen LogP contribution in [0.4, 0.5) is 0 Å². The number of aromatic carboxylic acids is 1. The molecular weight excluding hydrogens is 254 g/mol. The minimum absolute atomic E-state index is 0.163.